The number of piperidine rings is 1. The first-order chi connectivity index (χ1) is 13.2. The van der Waals surface area contributed by atoms with Crippen LogP contribution in [-0.2, 0) is 21.2 Å². The van der Waals surface area contributed by atoms with Crippen molar-refractivity contribution in [2.75, 3.05) is 18.4 Å². The summed E-state index contributed by atoms with van der Waals surface area (Å²) in [5, 5.41) is 2.67. The molecule has 4 nitrogen and oxygen atoms in total. The summed E-state index contributed by atoms with van der Waals surface area (Å²) < 4.78 is 38.9. The number of halogens is 3. The Labute approximate surface area is 161 Å². The number of alkyl halides is 3. The normalized spacial score (nSPS) is 16.5. The number of anilines is 1. The molecule has 0 saturated carbocycles. The second-order valence-electron chi connectivity index (χ2n) is 6.99. The summed E-state index contributed by atoms with van der Waals surface area (Å²) in [6, 6.07) is 13.8. The third-order valence-corrected chi connectivity index (χ3v) is 5.27. The lowest BCUT2D eigenvalue weighted by Crippen LogP contribution is -2.50. The maximum Gasteiger partial charge on any atom is 0.416 e. The maximum atomic E-state index is 13.2. The van der Waals surface area contributed by atoms with Crippen LogP contribution in [-0.4, -0.2) is 29.8 Å². The lowest BCUT2D eigenvalue weighted by molar-refractivity contribution is -0.137. The number of nitrogens with zero attached hydrogens (tertiary/aromatic N) is 1. The third kappa shape index (κ3) is 4.03. The molecule has 1 heterocycles. The predicted octanol–water partition coefficient (Wildman–Crippen LogP) is 4.22. The second-order valence-corrected chi connectivity index (χ2v) is 6.99. The van der Waals surface area contributed by atoms with Crippen molar-refractivity contribution in [2.24, 2.45) is 0 Å². The van der Waals surface area contributed by atoms with Gasteiger partial charge in [0.1, 0.15) is 0 Å². The molecule has 0 spiro atoms. The van der Waals surface area contributed by atoms with Crippen LogP contribution in [0.5, 0.6) is 0 Å². The van der Waals surface area contributed by atoms with E-state index < -0.39 is 17.2 Å². The quantitative estimate of drug-likeness (QED) is 0.853. The number of carbonyl (C=O) groups excluding carboxylic acids is 2. The number of amides is 2. The Morgan fingerprint density at radius 1 is 1.00 bits per heavy atom. The van der Waals surface area contributed by atoms with Gasteiger partial charge in [0.15, 0.2) is 0 Å². The summed E-state index contributed by atoms with van der Waals surface area (Å²) in [5.41, 5.74) is -0.821. The van der Waals surface area contributed by atoms with Crippen LogP contribution in [0, 0.1) is 0 Å². The molecule has 1 N–H and O–H groups in total. The average Bonchev–Trinajstić information content (AvgIpc) is 2.68. The van der Waals surface area contributed by atoms with Crippen molar-refractivity contribution >= 4 is 17.5 Å². The monoisotopic (exact) mass is 390 g/mol. The summed E-state index contributed by atoms with van der Waals surface area (Å²) in [6.45, 7) is 2.32. The predicted molar refractivity (Wildman–Crippen MR) is 99.7 cm³/mol. The Morgan fingerprint density at radius 3 is 2.21 bits per heavy atom. The first kappa shape index (κ1) is 19.9. The van der Waals surface area contributed by atoms with E-state index in [-0.39, 0.29) is 17.5 Å². The van der Waals surface area contributed by atoms with E-state index in [4.69, 9.17) is 0 Å². The summed E-state index contributed by atoms with van der Waals surface area (Å²) in [7, 11) is 0. The van der Waals surface area contributed by atoms with Gasteiger partial charge in [-0.25, -0.2) is 0 Å². The van der Waals surface area contributed by atoms with Crippen LogP contribution >= 0.6 is 0 Å². The van der Waals surface area contributed by atoms with Crippen LogP contribution in [0.2, 0.25) is 0 Å². The Hall–Kier alpha value is -2.83. The molecule has 7 heteroatoms. The van der Waals surface area contributed by atoms with E-state index in [1.807, 2.05) is 30.3 Å². The molecule has 1 aliphatic rings. The number of rotatable bonds is 3. The highest BCUT2D eigenvalue weighted by Gasteiger charge is 2.43. The molecular formula is C21H21F3N2O2. The number of hydrogen-bond acceptors (Lipinski definition) is 2. The molecule has 2 aromatic rings. The van der Waals surface area contributed by atoms with Crippen molar-refractivity contribution in [1.82, 2.24) is 4.90 Å². The van der Waals surface area contributed by atoms with Crippen molar-refractivity contribution in [3.8, 4) is 0 Å². The van der Waals surface area contributed by atoms with Gasteiger partial charge in [0, 0.05) is 25.7 Å². The Balaban J connectivity index is 1.89. The van der Waals surface area contributed by atoms with Gasteiger partial charge in [-0.3, -0.25) is 9.59 Å². The highest BCUT2D eigenvalue weighted by Crippen LogP contribution is 2.37. The van der Waals surface area contributed by atoms with Crippen molar-refractivity contribution in [1.29, 1.82) is 0 Å². The van der Waals surface area contributed by atoms with E-state index in [0.717, 1.165) is 17.7 Å². The zero-order valence-corrected chi connectivity index (χ0v) is 15.4. The third-order valence-electron chi connectivity index (χ3n) is 5.27. The maximum absolute atomic E-state index is 13.2. The smallest absolute Gasteiger partial charge is 0.343 e. The van der Waals surface area contributed by atoms with Crippen LogP contribution in [0.4, 0.5) is 18.9 Å². The summed E-state index contributed by atoms with van der Waals surface area (Å²) in [4.78, 5) is 26.6. The zero-order chi connectivity index (χ0) is 20.4. The molecule has 3 rings (SSSR count). The number of benzene rings is 2. The van der Waals surface area contributed by atoms with E-state index in [1.165, 1.54) is 19.1 Å². The first-order valence-electron chi connectivity index (χ1n) is 9.02. The molecule has 0 aromatic heterocycles. The molecule has 1 fully saturated rings. The van der Waals surface area contributed by atoms with Crippen molar-refractivity contribution < 1.29 is 22.8 Å². The number of hydrogen-bond donors (Lipinski definition) is 1. The standard InChI is InChI=1S/C21H21F3N2O2/c1-15(27)26-12-10-20(11-13-26,16-6-3-2-4-7-16)19(28)25-18-9-5-8-17(14-18)21(22,23)24/h2-9,14H,10-13H2,1H3,(H,25,28). The van der Waals surface area contributed by atoms with Crippen LogP contribution in [0.15, 0.2) is 54.6 Å². The molecule has 2 aromatic carbocycles. The summed E-state index contributed by atoms with van der Waals surface area (Å²) in [6.07, 6.45) is -3.67. The van der Waals surface area contributed by atoms with Gasteiger partial charge in [-0.05, 0) is 36.6 Å². The molecule has 0 bridgehead atoms. The van der Waals surface area contributed by atoms with Crippen LogP contribution in [0.1, 0.15) is 30.9 Å². The molecule has 28 heavy (non-hydrogen) atoms. The van der Waals surface area contributed by atoms with E-state index in [9.17, 15) is 22.8 Å². The molecule has 0 atom stereocenters. The van der Waals surface area contributed by atoms with E-state index in [2.05, 4.69) is 5.32 Å². The molecule has 148 valence electrons. The Kier molecular flexibility index (Phi) is 5.45. The van der Waals surface area contributed by atoms with E-state index >= 15 is 0 Å². The average molecular weight is 390 g/mol. The Morgan fingerprint density at radius 2 is 1.64 bits per heavy atom. The summed E-state index contributed by atoms with van der Waals surface area (Å²) in [5.74, 6) is -0.416. The first-order valence-corrected chi connectivity index (χ1v) is 9.02. The molecule has 2 amide bonds. The summed E-state index contributed by atoms with van der Waals surface area (Å²) >= 11 is 0. The van der Waals surface area contributed by atoms with Gasteiger partial charge >= 0.3 is 6.18 Å². The van der Waals surface area contributed by atoms with Gasteiger partial charge < -0.3 is 10.2 Å². The SMILES string of the molecule is CC(=O)N1CCC(C(=O)Nc2cccc(C(F)(F)F)c2)(c2ccccc2)CC1. The van der Waals surface area contributed by atoms with Crippen LogP contribution < -0.4 is 5.32 Å². The molecule has 0 aliphatic carbocycles. The molecule has 1 aliphatic heterocycles. The van der Waals surface area contributed by atoms with Crippen molar-refractivity contribution in [2.45, 2.75) is 31.4 Å². The van der Waals surface area contributed by atoms with Gasteiger partial charge in [0.05, 0.1) is 11.0 Å². The molecule has 1 saturated heterocycles. The highest BCUT2D eigenvalue weighted by atomic mass is 19.4. The molecule has 0 radical (unpaired) electrons. The van der Waals surface area contributed by atoms with Gasteiger partial charge in [-0.15, -0.1) is 0 Å². The molecule has 0 unspecified atom stereocenters. The van der Waals surface area contributed by atoms with Crippen molar-refractivity contribution in [3.05, 3.63) is 65.7 Å². The van der Waals surface area contributed by atoms with Gasteiger partial charge in [-0.2, -0.15) is 13.2 Å². The number of likely N-dealkylation sites (tertiary alicyclic amines) is 1. The minimum absolute atomic E-state index is 0.0556. The number of carbonyl (C=O) groups is 2. The van der Waals surface area contributed by atoms with Gasteiger partial charge in [-0.1, -0.05) is 36.4 Å². The number of nitrogens with one attached hydrogen (secondary N) is 1. The highest BCUT2D eigenvalue weighted by molar-refractivity contribution is 5.99. The Bertz CT molecular complexity index is 857. The van der Waals surface area contributed by atoms with Crippen molar-refractivity contribution in [3.63, 3.8) is 0 Å². The fourth-order valence-electron chi connectivity index (χ4n) is 3.63. The largest absolute Gasteiger partial charge is 0.416 e. The zero-order valence-electron chi connectivity index (χ0n) is 15.4. The molecular weight excluding hydrogens is 369 g/mol. The lowest BCUT2D eigenvalue weighted by atomic mass is 9.72. The van der Waals surface area contributed by atoms with Crippen LogP contribution in [0.25, 0.3) is 0 Å². The van der Waals surface area contributed by atoms with Gasteiger partial charge in [0.2, 0.25) is 11.8 Å². The fraction of sp³-hybridized carbons (Fsp3) is 0.333. The van der Waals surface area contributed by atoms with Crippen LogP contribution in [0.3, 0.4) is 0 Å². The fourth-order valence-corrected chi connectivity index (χ4v) is 3.63. The van der Waals surface area contributed by atoms with E-state index in [1.54, 1.807) is 4.90 Å². The topological polar surface area (TPSA) is 49.4 Å². The van der Waals surface area contributed by atoms with Gasteiger partial charge in [0.25, 0.3) is 0 Å². The minimum Gasteiger partial charge on any atom is -0.343 e. The lowest BCUT2D eigenvalue weighted by Gasteiger charge is -2.40. The van der Waals surface area contributed by atoms with E-state index in [0.29, 0.717) is 25.9 Å². The minimum atomic E-state index is -4.48. The second kappa shape index (κ2) is 7.66.